The summed E-state index contributed by atoms with van der Waals surface area (Å²) in [7, 11) is 0. The molecule has 7 nitrogen and oxygen atoms in total. The number of quaternary nitrogens is 1. The Kier molecular flexibility index (Phi) is 12.6. The molecule has 0 saturated heterocycles. The van der Waals surface area contributed by atoms with Gasteiger partial charge in [0.2, 0.25) is 0 Å². The van der Waals surface area contributed by atoms with Crippen LogP contribution in [-0.2, 0) is 28.5 Å². The van der Waals surface area contributed by atoms with Crippen molar-refractivity contribution in [2.75, 3.05) is 26.4 Å². The number of halogens is 1. The third kappa shape index (κ3) is 8.64. The molecule has 0 aliphatic carbocycles. The van der Waals surface area contributed by atoms with E-state index in [0.29, 0.717) is 13.2 Å². The molecule has 0 heterocycles. The average Bonchev–Trinajstić information content (AvgIpc) is 2.39. The maximum absolute atomic E-state index is 11.9. The second-order valence-electron chi connectivity index (χ2n) is 4.67. The minimum absolute atomic E-state index is 0. The number of hydrogen-bond acceptors (Lipinski definition) is 6. The van der Waals surface area contributed by atoms with Gasteiger partial charge in [-0.1, -0.05) is 6.58 Å². The van der Waals surface area contributed by atoms with Crippen LogP contribution in [0.15, 0.2) is 12.2 Å². The van der Waals surface area contributed by atoms with Gasteiger partial charge in [0.15, 0.2) is 6.42 Å². The second-order valence-corrected chi connectivity index (χ2v) is 4.67. The first-order valence-electron chi connectivity index (χ1n) is 7.58. The minimum atomic E-state index is -1.63. The van der Waals surface area contributed by atoms with Crippen LogP contribution < -0.4 is 18.1 Å². The van der Waals surface area contributed by atoms with E-state index in [1.807, 2.05) is 13.8 Å². The van der Waals surface area contributed by atoms with Gasteiger partial charge < -0.3 is 41.8 Å². The number of carbonyl (C=O) groups is 1. The first kappa shape index (κ1) is 24.6. The van der Waals surface area contributed by atoms with Crippen molar-refractivity contribution in [3.8, 4) is 0 Å². The van der Waals surface area contributed by atoms with Crippen LogP contribution in [0.25, 0.3) is 0 Å². The summed E-state index contributed by atoms with van der Waals surface area (Å²) in [6.07, 6.45) is -0.0254. The smallest absolute Gasteiger partial charge is 0.341 e. The molecule has 0 bridgehead atoms. The van der Waals surface area contributed by atoms with Crippen LogP contribution in [0.4, 0.5) is 0 Å². The molecule has 23 heavy (non-hydrogen) atoms. The van der Waals surface area contributed by atoms with Gasteiger partial charge in [-0.05, 0) is 34.6 Å². The molecule has 0 aromatic carbocycles. The first-order valence-corrected chi connectivity index (χ1v) is 7.58. The molecular weight excluding hydrogens is 326 g/mol. The van der Waals surface area contributed by atoms with Crippen molar-refractivity contribution in [2.45, 2.75) is 52.9 Å². The van der Waals surface area contributed by atoms with E-state index >= 15 is 0 Å². The Balaban J connectivity index is 0. The lowest BCUT2D eigenvalue weighted by Crippen LogP contribution is -3.00. The molecule has 0 rings (SSSR count). The zero-order valence-electron chi connectivity index (χ0n) is 14.8. The summed E-state index contributed by atoms with van der Waals surface area (Å²) in [4.78, 5) is 11.9. The van der Waals surface area contributed by atoms with Crippen LogP contribution in [0.1, 0.15) is 41.0 Å². The summed E-state index contributed by atoms with van der Waals surface area (Å²) in [5.41, 5.74) is 4.17. The van der Waals surface area contributed by atoms with Gasteiger partial charge in [0.05, 0.1) is 26.4 Å². The van der Waals surface area contributed by atoms with Crippen LogP contribution in [0.5, 0.6) is 0 Å². The zero-order chi connectivity index (χ0) is 17.2. The fourth-order valence-corrected chi connectivity index (χ4v) is 1.91. The van der Waals surface area contributed by atoms with Gasteiger partial charge in [-0.25, -0.2) is 4.79 Å². The summed E-state index contributed by atoms with van der Waals surface area (Å²) in [5.74, 6) is -3.49. The molecular formula is C15H30ClNO6. The molecule has 0 unspecified atom stereocenters. The van der Waals surface area contributed by atoms with E-state index in [1.165, 1.54) is 0 Å². The highest BCUT2D eigenvalue weighted by molar-refractivity contribution is 5.87. The van der Waals surface area contributed by atoms with Crippen molar-refractivity contribution in [3.63, 3.8) is 0 Å². The molecule has 0 radical (unpaired) electrons. The summed E-state index contributed by atoms with van der Waals surface area (Å²) in [5, 5.41) is 0. The Morgan fingerprint density at radius 3 is 1.65 bits per heavy atom. The number of hydrogen-bond donors (Lipinski definition) is 1. The summed E-state index contributed by atoms with van der Waals surface area (Å²) < 4.78 is 27.6. The number of carbonyl (C=O) groups excluding carboxylic acids is 1. The molecule has 0 aliphatic rings. The lowest BCUT2D eigenvalue weighted by molar-refractivity contribution is -0.647. The van der Waals surface area contributed by atoms with Crippen LogP contribution in [0, 0.1) is 0 Å². The zero-order valence-corrected chi connectivity index (χ0v) is 15.5. The topological polar surface area (TPSA) is 90.9 Å². The fourth-order valence-electron chi connectivity index (χ4n) is 1.91. The van der Waals surface area contributed by atoms with Crippen LogP contribution in [-0.4, -0.2) is 44.3 Å². The molecule has 0 aromatic rings. The van der Waals surface area contributed by atoms with Crippen molar-refractivity contribution >= 4 is 5.97 Å². The Morgan fingerprint density at radius 2 is 1.35 bits per heavy atom. The van der Waals surface area contributed by atoms with Gasteiger partial charge in [-0.2, -0.15) is 0 Å². The summed E-state index contributed by atoms with van der Waals surface area (Å²) in [6.45, 7) is 13.6. The minimum Gasteiger partial charge on any atom is -1.00 e. The number of ether oxygens (including phenoxy) is 5. The normalized spacial score (nSPS) is 11.7. The predicted octanol–water partition coefficient (Wildman–Crippen LogP) is -1.80. The Bertz CT molecular complexity index is 352. The highest BCUT2D eigenvalue weighted by Gasteiger charge is 2.49. The Labute approximate surface area is 144 Å². The van der Waals surface area contributed by atoms with Crippen molar-refractivity contribution in [3.05, 3.63) is 12.2 Å². The van der Waals surface area contributed by atoms with E-state index in [1.54, 1.807) is 20.8 Å². The summed E-state index contributed by atoms with van der Waals surface area (Å²) >= 11 is 0. The largest absolute Gasteiger partial charge is 1.00 e. The highest BCUT2D eigenvalue weighted by Crippen LogP contribution is 2.28. The first-order chi connectivity index (χ1) is 10.3. The quantitative estimate of drug-likeness (QED) is 0.252. The van der Waals surface area contributed by atoms with Gasteiger partial charge in [0.25, 0.3) is 0 Å². The molecule has 3 N–H and O–H groups in total. The predicted molar refractivity (Wildman–Crippen MR) is 80.4 cm³/mol. The standard InChI is InChI=1S/C15H29NO6.ClH/c1-7-18-14(16,19-8-2)11-15(20-9-3,21-10-4)22-13(17)12(5)6;/h5,7-11,16H2,1-4,6H3;1H. The highest BCUT2D eigenvalue weighted by atomic mass is 35.5. The van der Waals surface area contributed by atoms with E-state index in [4.69, 9.17) is 23.7 Å². The van der Waals surface area contributed by atoms with Crippen LogP contribution >= 0.6 is 0 Å². The van der Waals surface area contributed by atoms with Gasteiger partial charge >= 0.3 is 17.9 Å². The molecule has 0 atom stereocenters. The monoisotopic (exact) mass is 355 g/mol. The van der Waals surface area contributed by atoms with Gasteiger partial charge in [-0.15, -0.1) is 0 Å². The van der Waals surface area contributed by atoms with E-state index < -0.39 is 17.9 Å². The van der Waals surface area contributed by atoms with Crippen molar-refractivity contribution in [1.29, 1.82) is 0 Å². The summed E-state index contributed by atoms with van der Waals surface area (Å²) in [6, 6.07) is 0. The van der Waals surface area contributed by atoms with E-state index in [9.17, 15) is 4.79 Å². The average molecular weight is 356 g/mol. The SMILES string of the molecule is C=C(C)C(=O)OC(CC([NH3+])(OCC)OCC)(OCC)OCC.[Cl-]. The van der Waals surface area contributed by atoms with Crippen molar-refractivity contribution < 1.29 is 46.6 Å². The fraction of sp³-hybridized carbons (Fsp3) is 0.800. The number of rotatable bonds is 12. The van der Waals surface area contributed by atoms with Gasteiger partial charge in [0.1, 0.15) is 0 Å². The maximum atomic E-state index is 11.9. The van der Waals surface area contributed by atoms with E-state index in [-0.39, 0.29) is 37.6 Å². The van der Waals surface area contributed by atoms with Crippen molar-refractivity contribution in [2.24, 2.45) is 0 Å². The Hall–Kier alpha value is -0.700. The van der Waals surface area contributed by atoms with Gasteiger partial charge in [-0.3, -0.25) is 0 Å². The second kappa shape index (κ2) is 11.8. The van der Waals surface area contributed by atoms with Crippen LogP contribution in [0.2, 0.25) is 0 Å². The third-order valence-corrected chi connectivity index (χ3v) is 2.63. The molecule has 8 heteroatoms. The molecule has 0 fully saturated rings. The lowest BCUT2D eigenvalue weighted by Gasteiger charge is -2.36. The molecule has 0 spiro atoms. The van der Waals surface area contributed by atoms with E-state index in [2.05, 4.69) is 12.3 Å². The third-order valence-electron chi connectivity index (χ3n) is 2.63. The van der Waals surface area contributed by atoms with E-state index in [0.717, 1.165) is 0 Å². The Morgan fingerprint density at radius 1 is 0.957 bits per heavy atom. The van der Waals surface area contributed by atoms with Gasteiger partial charge in [0, 0.05) is 5.57 Å². The van der Waals surface area contributed by atoms with Crippen LogP contribution in [0.3, 0.4) is 0 Å². The van der Waals surface area contributed by atoms with Crippen molar-refractivity contribution in [1.82, 2.24) is 0 Å². The molecule has 0 saturated carbocycles. The molecule has 0 aromatic heterocycles. The lowest BCUT2D eigenvalue weighted by atomic mass is 10.2. The number of esters is 1. The maximum Gasteiger partial charge on any atom is 0.341 e. The molecule has 0 aliphatic heterocycles. The molecule has 0 amide bonds. The molecule has 138 valence electrons.